The fraction of sp³-hybridized carbons (Fsp3) is 0.455. The summed E-state index contributed by atoms with van der Waals surface area (Å²) in [5.74, 6) is -6.92. The zero-order chi connectivity index (χ0) is 18.5. The molecule has 2 atom stereocenters. The highest BCUT2D eigenvalue weighted by Crippen LogP contribution is 2.26. The van der Waals surface area contributed by atoms with Crippen molar-refractivity contribution in [1.82, 2.24) is 4.90 Å². The minimum Gasteiger partial charge on any atom is -0.480 e. The highest BCUT2D eigenvalue weighted by Gasteiger charge is 2.52. The molecular weight excluding hydrogens is 375 g/mol. The maximum absolute atomic E-state index is 11.2. The largest absolute Gasteiger partial charge is 0.480 e. The van der Waals surface area contributed by atoms with Gasteiger partial charge in [-0.2, -0.15) is 0 Å². The van der Waals surface area contributed by atoms with Gasteiger partial charge in [0.25, 0.3) is 5.24 Å². The SMILES string of the molecule is CC(=O)C(=O)Cl.Cl.N[C@@]1(C(=O)O)C[C@@H](C(=O)O)N(C(=O)C(=O)O)C1. The number of carboxylic acid groups (broad SMARTS) is 3. The smallest absolute Gasteiger partial charge is 0.394 e. The maximum atomic E-state index is 11.2. The lowest BCUT2D eigenvalue weighted by atomic mass is 9.98. The van der Waals surface area contributed by atoms with Gasteiger partial charge < -0.3 is 26.0 Å². The molecule has 11 nitrogen and oxygen atoms in total. The number of hydrogen-bond donors (Lipinski definition) is 4. The zero-order valence-electron chi connectivity index (χ0n) is 12.1. The Labute approximate surface area is 145 Å². The minimum atomic E-state index is -1.94. The van der Waals surface area contributed by atoms with Gasteiger partial charge in [0.2, 0.25) is 5.78 Å². The van der Waals surface area contributed by atoms with E-state index in [0.717, 1.165) is 6.92 Å². The van der Waals surface area contributed by atoms with Crippen molar-refractivity contribution in [2.45, 2.75) is 24.9 Å². The Morgan fingerprint density at radius 3 is 1.79 bits per heavy atom. The average molecular weight is 389 g/mol. The first kappa shape index (κ1) is 24.0. The molecule has 1 heterocycles. The van der Waals surface area contributed by atoms with Crippen LogP contribution in [0.3, 0.4) is 0 Å². The van der Waals surface area contributed by atoms with Crippen molar-refractivity contribution in [3.8, 4) is 0 Å². The van der Waals surface area contributed by atoms with Crippen LogP contribution in [0.15, 0.2) is 0 Å². The lowest BCUT2D eigenvalue weighted by Gasteiger charge is -2.19. The topological polar surface area (TPSA) is 192 Å². The van der Waals surface area contributed by atoms with Crippen LogP contribution in [0.2, 0.25) is 0 Å². The van der Waals surface area contributed by atoms with Gasteiger partial charge in [-0.1, -0.05) is 0 Å². The van der Waals surface area contributed by atoms with Crippen LogP contribution in [0.5, 0.6) is 0 Å². The van der Waals surface area contributed by atoms with Crippen LogP contribution >= 0.6 is 24.0 Å². The van der Waals surface area contributed by atoms with Crippen LogP contribution in [-0.4, -0.2) is 73.2 Å². The Morgan fingerprint density at radius 1 is 1.12 bits per heavy atom. The number of Topliss-reactive ketones (excluding diaryl/α,β-unsaturated/α-hetero) is 1. The average Bonchev–Trinajstić information content (AvgIpc) is 2.78. The summed E-state index contributed by atoms with van der Waals surface area (Å²) < 4.78 is 0. The second kappa shape index (κ2) is 9.15. The van der Waals surface area contributed by atoms with Crippen LogP contribution < -0.4 is 5.73 Å². The van der Waals surface area contributed by atoms with Crippen LogP contribution in [0.4, 0.5) is 0 Å². The molecule has 0 aromatic heterocycles. The monoisotopic (exact) mass is 388 g/mol. The first-order valence-corrected chi connectivity index (χ1v) is 6.20. The predicted molar refractivity (Wildman–Crippen MR) is 78.7 cm³/mol. The Kier molecular flexibility index (Phi) is 9.16. The number of carboxylic acids is 3. The number of carbonyl (C=O) groups excluding carboxylic acids is 3. The van der Waals surface area contributed by atoms with Gasteiger partial charge in [0.15, 0.2) is 0 Å². The number of rotatable bonds is 3. The fourth-order valence-corrected chi connectivity index (χ4v) is 1.65. The van der Waals surface area contributed by atoms with E-state index in [4.69, 9.17) is 21.1 Å². The number of hydrogen-bond acceptors (Lipinski definition) is 7. The number of carbonyl (C=O) groups is 6. The summed E-state index contributed by atoms with van der Waals surface area (Å²) in [6.45, 7) is 0.472. The van der Waals surface area contributed by atoms with Crippen molar-refractivity contribution >= 4 is 58.8 Å². The summed E-state index contributed by atoms with van der Waals surface area (Å²) in [6, 6.07) is -1.54. The molecule has 0 saturated carbocycles. The predicted octanol–water partition coefficient (Wildman–Crippen LogP) is -1.70. The number of amides is 1. The van der Waals surface area contributed by atoms with E-state index < -0.39 is 59.4 Å². The lowest BCUT2D eigenvalue weighted by Crippen LogP contribution is -2.51. The molecular formula is C11H14Cl2N2O9. The fourth-order valence-electron chi connectivity index (χ4n) is 1.65. The number of ketones is 1. The third-order valence-electron chi connectivity index (χ3n) is 2.82. The molecule has 13 heteroatoms. The molecule has 0 aromatic rings. The van der Waals surface area contributed by atoms with Crippen molar-refractivity contribution in [3.63, 3.8) is 0 Å². The Bertz CT molecular complexity index is 568. The second-order valence-electron chi connectivity index (χ2n) is 4.59. The summed E-state index contributed by atoms with van der Waals surface area (Å²) in [4.78, 5) is 63.0. The standard InChI is InChI=1S/C8H10N2O7.C3H3ClO2.ClH/c9-8(7(16)17)1-3(5(12)13)10(2-8)4(11)6(14)15;1-2(5)3(4)6;/h3H,1-2,9H2,(H,12,13)(H,14,15)(H,16,17);1H3;1H/t3-,8-;;/m0../s1. The summed E-state index contributed by atoms with van der Waals surface area (Å²) in [7, 11) is 0. The molecule has 24 heavy (non-hydrogen) atoms. The molecule has 0 radical (unpaired) electrons. The van der Waals surface area contributed by atoms with Crippen LogP contribution in [0.25, 0.3) is 0 Å². The van der Waals surface area contributed by atoms with Crippen LogP contribution in [0, 0.1) is 0 Å². The molecule has 1 amide bonds. The zero-order valence-corrected chi connectivity index (χ0v) is 13.7. The molecule has 1 aliphatic rings. The molecule has 1 saturated heterocycles. The number of halogens is 2. The van der Waals surface area contributed by atoms with Crippen LogP contribution in [0.1, 0.15) is 13.3 Å². The maximum Gasteiger partial charge on any atom is 0.394 e. The summed E-state index contributed by atoms with van der Waals surface area (Å²) >= 11 is 4.62. The third kappa shape index (κ3) is 6.10. The van der Waals surface area contributed by atoms with Gasteiger partial charge in [-0.05, 0) is 11.6 Å². The van der Waals surface area contributed by atoms with Gasteiger partial charge >= 0.3 is 23.8 Å². The molecule has 0 spiro atoms. The third-order valence-corrected chi connectivity index (χ3v) is 3.08. The van der Waals surface area contributed by atoms with E-state index >= 15 is 0 Å². The van der Waals surface area contributed by atoms with Gasteiger partial charge in [0, 0.05) is 13.3 Å². The molecule has 0 aromatic carbocycles. The van der Waals surface area contributed by atoms with E-state index in [0.29, 0.717) is 4.90 Å². The van der Waals surface area contributed by atoms with Gasteiger partial charge in [0.1, 0.15) is 11.6 Å². The summed E-state index contributed by atoms with van der Waals surface area (Å²) in [5.41, 5.74) is 3.47. The van der Waals surface area contributed by atoms with E-state index in [9.17, 15) is 28.8 Å². The van der Waals surface area contributed by atoms with Crippen molar-refractivity contribution < 1.29 is 44.1 Å². The van der Waals surface area contributed by atoms with E-state index in [1.54, 1.807) is 0 Å². The molecule has 1 fully saturated rings. The second-order valence-corrected chi connectivity index (χ2v) is 4.93. The van der Waals surface area contributed by atoms with E-state index in [1.165, 1.54) is 0 Å². The van der Waals surface area contributed by atoms with Gasteiger partial charge in [-0.15, -0.1) is 12.4 Å². The van der Waals surface area contributed by atoms with Gasteiger partial charge in [0.05, 0.1) is 6.54 Å². The van der Waals surface area contributed by atoms with Crippen molar-refractivity contribution in [1.29, 1.82) is 0 Å². The van der Waals surface area contributed by atoms with Crippen molar-refractivity contribution in [3.05, 3.63) is 0 Å². The Balaban J connectivity index is 0. The highest BCUT2D eigenvalue weighted by molar-refractivity contribution is 6.80. The lowest BCUT2D eigenvalue weighted by molar-refractivity contribution is -0.159. The van der Waals surface area contributed by atoms with Crippen LogP contribution in [-0.2, 0) is 28.8 Å². The molecule has 5 N–H and O–H groups in total. The molecule has 1 rings (SSSR count). The van der Waals surface area contributed by atoms with E-state index in [2.05, 4.69) is 11.6 Å². The summed E-state index contributed by atoms with van der Waals surface area (Å²) in [5, 5.41) is 25.2. The molecule has 0 aliphatic carbocycles. The first-order chi connectivity index (χ1) is 10.3. The molecule has 0 unspecified atom stereocenters. The van der Waals surface area contributed by atoms with Crippen molar-refractivity contribution in [2.24, 2.45) is 5.73 Å². The summed E-state index contributed by atoms with van der Waals surface area (Å²) in [6.07, 6.45) is -0.531. The Morgan fingerprint density at radius 2 is 1.54 bits per heavy atom. The molecule has 1 aliphatic heterocycles. The number of nitrogens with zero attached hydrogens (tertiary/aromatic N) is 1. The number of nitrogens with two attached hydrogens (primary N) is 1. The minimum absolute atomic E-state index is 0. The molecule has 136 valence electrons. The number of aliphatic carboxylic acids is 3. The quantitative estimate of drug-likeness (QED) is 0.319. The van der Waals surface area contributed by atoms with Gasteiger partial charge in [-0.25, -0.2) is 9.59 Å². The van der Waals surface area contributed by atoms with Gasteiger partial charge in [-0.3, -0.25) is 19.2 Å². The first-order valence-electron chi connectivity index (χ1n) is 5.83. The van der Waals surface area contributed by atoms with Crippen molar-refractivity contribution in [2.75, 3.05) is 6.54 Å². The normalized spacial score (nSPS) is 21.6. The van der Waals surface area contributed by atoms with E-state index in [1.807, 2.05) is 0 Å². The van der Waals surface area contributed by atoms with E-state index in [-0.39, 0.29) is 12.4 Å². The number of likely N-dealkylation sites (tertiary alicyclic amines) is 1. The molecule has 0 bridgehead atoms. The highest BCUT2D eigenvalue weighted by atomic mass is 35.5. The Hall–Kier alpha value is -2.24.